The Kier molecular flexibility index (Phi) is 8.11. The zero-order chi connectivity index (χ0) is 24.2. The second-order valence-electron chi connectivity index (χ2n) is 13.2. The zero-order valence-corrected chi connectivity index (χ0v) is 23.6. The Bertz CT molecular complexity index is 880. The molecule has 2 aromatic carbocycles. The van der Waals surface area contributed by atoms with Gasteiger partial charge in [0.1, 0.15) is 11.5 Å². The molecule has 0 aliphatic rings. The molecule has 3 heteroatoms. The van der Waals surface area contributed by atoms with Gasteiger partial charge in [0.05, 0.1) is 0 Å². The topological polar surface area (TPSA) is 40.5 Å². The van der Waals surface area contributed by atoms with Gasteiger partial charge in [-0.15, -0.1) is 0 Å². The molecule has 2 N–H and O–H groups in total. The van der Waals surface area contributed by atoms with E-state index in [1.807, 2.05) is 0 Å². The molecule has 2 nitrogen and oxygen atoms in total. The predicted molar refractivity (Wildman–Crippen MR) is 140 cm³/mol. The molecular formula is C29H44AlO2. The average molecular weight is 452 g/mol. The number of hydrogen-bond donors (Lipinski definition) is 2. The summed E-state index contributed by atoms with van der Waals surface area (Å²) in [6.45, 7) is 26.0. The lowest BCUT2D eigenvalue weighted by molar-refractivity contribution is 0.433. The van der Waals surface area contributed by atoms with Gasteiger partial charge in [0.15, 0.2) is 0 Å². The number of aromatic hydroxyl groups is 2. The smallest absolute Gasteiger partial charge is 0.122 e. The van der Waals surface area contributed by atoms with Gasteiger partial charge >= 0.3 is 0 Å². The Labute approximate surface area is 207 Å². The highest BCUT2D eigenvalue weighted by atomic mass is 27.0. The summed E-state index contributed by atoms with van der Waals surface area (Å²) in [6.07, 6.45) is 0.498. The fourth-order valence-electron chi connectivity index (χ4n) is 3.87. The van der Waals surface area contributed by atoms with Crippen molar-refractivity contribution >= 4 is 17.4 Å². The van der Waals surface area contributed by atoms with Crippen molar-refractivity contribution in [2.45, 2.75) is 111 Å². The number of phenolic OH excluding ortho intramolecular Hbond substituents is 2. The minimum atomic E-state index is -0.175. The van der Waals surface area contributed by atoms with Crippen LogP contribution in [0.3, 0.4) is 0 Å². The highest BCUT2D eigenvalue weighted by molar-refractivity contribution is 5.75. The van der Waals surface area contributed by atoms with Crippen LogP contribution in [0.2, 0.25) is 0 Å². The van der Waals surface area contributed by atoms with Gasteiger partial charge < -0.3 is 10.2 Å². The van der Waals surface area contributed by atoms with Crippen LogP contribution in [-0.2, 0) is 28.1 Å². The van der Waals surface area contributed by atoms with Crippen LogP contribution in [0.15, 0.2) is 24.3 Å². The van der Waals surface area contributed by atoms with Gasteiger partial charge in [-0.1, -0.05) is 107 Å². The molecule has 0 amide bonds. The van der Waals surface area contributed by atoms with Crippen molar-refractivity contribution in [2.24, 2.45) is 0 Å². The first kappa shape index (κ1) is 28.6. The van der Waals surface area contributed by atoms with Crippen LogP contribution < -0.4 is 0 Å². The molecule has 0 bridgehead atoms. The summed E-state index contributed by atoms with van der Waals surface area (Å²) in [7, 11) is 0. The molecule has 2 aromatic rings. The molecular weight excluding hydrogens is 407 g/mol. The maximum atomic E-state index is 11.2. The van der Waals surface area contributed by atoms with Crippen molar-refractivity contribution in [2.75, 3.05) is 0 Å². The van der Waals surface area contributed by atoms with Crippen molar-refractivity contribution in [3.05, 3.63) is 57.6 Å². The van der Waals surface area contributed by atoms with Crippen molar-refractivity contribution in [1.82, 2.24) is 0 Å². The Balaban J connectivity index is 0.00000512. The first-order valence-corrected chi connectivity index (χ1v) is 11.5. The highest BCUT2D eigenvalue weighted by Gasteiger charge is 2.28. The number of rotatable bonds is 2. The maximum absolute atomic E-state index is 11.2. The second-order valence-corrected chi connectivity index (χ2v) is 13.2. The number of hydrogen-bond acceptors (Lipinski definition) is 2. The Morgan fingerprint density at radius 1 is 0.500 bits per heavy atom. The molecule has 0 aromatic heterocycles. The summed E-state index contributed by atoms with van der Waals surface area (Å²) < 4.78 is 0. The predicted octanol–water partition coefficient (Wildman–Crippen LogP) is 7.50. The van der Waals surface area contributed by atoms with Gasteiger partial charge in [-0.3, -0.25) is 0 Å². The van der Waals surface area contributed by atoms with E-state index >= 15 is 0 Å². The quantitative estimate of drug-likeness (QED) is 0.464. The van der Waals surface area contributed by atoms with Crippen LogP contribution in [0.4, 0.5) is 0 Å². The van der Waals surface area contributed by atoms with Crippen molar-refractivity contribution in [3.63, 3.8) is 0 Å². The van der Waals surface area contributed by atoms with Crippen LogP contribution in [0.1, 0.15) is 116 Å². The normalized spacial score (nSPS) is 13.1. The molecule has 0 unspecified atom stereocenters. The molecule has 0 aliphatic carbocycles. The third-order valence-electron chi connectivity index (χ3n) is 6.11. The van der Waals surface area contributed by atoms with E-state index in [1.165, 1.54) is 11.1 Å². The minimum absolute atomic E-state index is 0. The van der Waals surface area contributed by atoms with Gasteiger partial charge in [-0.05, 0) is 55.0 Å². The molecule has 3 radical (unpaired) electrons. The summed E-state index contributed by atoms with van der Waals surface area (Å²) in [4.78, 5) is 0. The van der Waals surface area contributed by atoms with Crippen molar-refractivity contribution < 1.29 is 10.2 Å². The lowest BCUT2D eigenvalue weighted by Crippen LogP contribution is -2.18. The van der Waals surface area contributed by atoms with Gasteiger partial charge in [-0.2, -0.15) is 0 Å². The molecule has 175 valence electrons. The molecule has 0 spiro atoms. The summed E-state index contributed by atoms with van der Waals surface area (Å²) >= 11 is 0. The van der Waals surface area contributed by atoms with Gasteiger partial charge in [0.25, 0.3) is 0 Å². The minimum Gasteiger partial charge on any atom is -0.507 e. The SMILES string of the molecule is CC(C)(C)c1cc(Cc2cc(C(C)(C)C)cc(C(C)(C)C)c2O)c(O)c(C(C)(C)C)c1.[Al]. The number of phenols is 2. The fraction of sp³-hybridized carbons (Fsp3) is 0.586. The van der Waals surface area contributed by atoms with E-state index in [0.29, 0.717) is 17.9 Å². The van der Waals surface area contributed by atoms with E-state index in [-0.39, 0.29) is 39.0 Å². The molecule has 0 atom stereocenters. The van der Waals surface area contributed by atoms with Crippen LogP contribution >= 0.6 is 0 Å². The molecule has 0 heterocycles. The summed E-state index contributed by atoms with van der Waals surface area (Å²) in [5.74, 6) is 0.691. The van der Waals surface area contributed by atoms with Gasteiger partial charge in [0, 0.05) is 23.8 Å². The maximum Gasteiger partial charge on any atom is 0.122 e. The van der Waals surface area contributed by atoms with E-state index in [4.69, 9.17) is 0 Å². The molecule has 2 rings (SSSR count). The van der Waals surface area contributed by atoms with Crippen LogP contribution in [0.25, 0.3) is 0 Å². The molecule has 0 saturated carbocycles. The second kappa shape index (κ2) is 9.08. The van der Waals surface area contributed by atoms with Crippen molar-refractivity contribution in [3.8, 4) is 11.5 Å². The summed E-state index contributed by atoms with van der Waals surface area (Å²) in [5.41, 5.74) is 5.65. The van der Waals surface area contributed by atoms with E-state index < -0.39 is 0 Å². The van der Waals surface area contributed by atoms with E-state index in [1.54, 1.807) is 0 Å². The van der Waals surface area contributed by atoms with E-state index in [2.05, 4.69) is 107 Å². The zero-order valence-electron chi connectivity index (χ0n) is 22.5. The number of benzene rings is 2. The first-order chi connectivity index (χ1) is 13.7. The Morgan fingerprint density at radius 3 is 1.00 bits per heavy atom. The van der Waals surface area contributed by atoms with Crippen molar-refractivity contribution in [1.29, 1.82) is 0 Å². The standard InChI is InChI=1S/C29H44O2.Al/c1-26(2,3)20-14-18(24(30)22(16-20)28(7,8)9)13-19-15-21(27(4,5)6)17-23(25(19)31)29(10,11)12;/h14-17,30-31H,13H2,1-12H3;. The average Bonchev–Trinajstić information content (AvgIpc) is 2.53. The lowest BCUT2D eigenvalue weighted by atomic mass is 9.76. The van der Waals surface area contributed by atoms with Gasteiger partial charge in [0.2, 0.25) is 0 Å². The van der Waals surface area contributed by atoms with Crippen LogP contribution in [0.5, 0.6) is 11.5 Å². The van der Waals surface area contributed by atoms with Crippen LogP contribution in [-0.4, -0.2) is 27.6 Å². The molecule has 0 fully saturated rings. The Hall–Kier alpha value is -1.43. The van der Waals surface area contributed by atoms with Gasteiger partial charge in [-0.25, -0.2) is 0 Å². The molecule has 0 saturated heterocycles. The summed E-state index contributed by atoms with van der Waals surface area (Å²) in [6, 6.07) is 8.52. The highest BCUT2D eigenvalue weighted by Crippen LogP contribution is 2.42. The van der Waals surface area contributed by atoms with E-state index in [0.717, 1.165) is 22.3 Å². The fourth-order valence-corrected chi connectivity index (χ4v) is 3.87. The lowest BCUT2D eigenvalue weighted by Gasteiger charge is -2.29. The largest absolute Gasteiger partial charge is 0.507 e. The summed E-state index contributed by atoms with van der Waals surface area (Å²) in [5, 5.41) is 22.5. The van der Waals surface area contributed by atoms with E-state index in [9.17, 15) is 10.2 Å². The first-order valence-electron chi connectivity index (χ1n) is 11.5. The third kappa shape index (κ3) is 6.33. The third-order valence-corrected chi connectivity index (χ3v) is 6.11. The molecule has 0 aliphatic heterocycles. The Morgan fingerprint density at radius 2 is 0.781 bits per heavy atom. The van der Waals surface area contributed by atoms with Crippen LogP contribution in [0, 0.1) is 0 Å². The molecule has 32 heavy (non-hydrogen) atoms. The monoisotopic (exact) mass is 451 g/mol.